The van der Waals surface area contributed by atoms with Crippen LogP contribution in [-0.4, -0.2) is 28.8 Å². The van der Waals surface area contributed by atoms with Crippen LogP contribution in [0.25, 0.3) is 0 Å². The van der Waals surface area contributed by atoms with Crippen molar-refractivity contribution in [2.75, 3.05) is 10.6 Å². The molecule has 1 aliphatic heterocycles. The number of aliphatic carboxylic acids is 1. The van der Waals surface area contributed by atoms with Crippen LogP contribution in [0.15, 0.2) is 18.2 Å². The van der Waals surface area contributed by atoms with Crippen molar-refractivity contribution in [2.45, 2.75) is 38.8 Å². The van der Waals surface area contributed by atoms with Gasteiger partial charge < -0.3 is 15.6 Å². The molecule has 1 aromatic rings. The van der Waals surface area contributed by atoms with E-state index >= 15 is 0 Å². The average molecular weight is 278 g/mol. The van der Waals surface area contributed by atoms with Crippen LogP contribution in [0.5, 0.6) is 0 Å². The number of carbonyl (C=O) groups is 2. The van der Waals surface area contributed by atoms with Crippen molar-refractivity contribution in [1.29, 1.82) is 0 Å². The van der Waals surface area contributed by atoms with E-state index < -0.39 is 23.7 Å². The lowest BCUT2D eigenvalue weighted by molar-refractivity contribution is -0.138. The number of nitrogens with zero attached hydrogens (tertiary/aromatic N) is 1. The summed E-state index contributed by atoms with van der Waals surface area (Å²) >= 11 is 0. The van der Waals surface area contributed by atoms with E-state index in [0.717, 1.165) is 5.56 Å². The summed E-state index contributed by atoms with van der Waals surface area (Å²) in [6.45, 7) is 5.21. The fourth-order valence-electron chi connectivity index (χ4n) is 2.21. The van der Waals surface area contributed by atoms with Gasteiger partial charge in [-0.2, -0.15) is 0 Å². The molecule has 1 atom stereocenters. The standard InChI is InChI=1S/C14H18N2O4/c1-14(2,3)20-13(19)16-10-5-4-9(15)6-8(10)7-11(16)12(17)18/h4-6,11H,7,15H2,1-3H3,(H,17,18). The van der Waals surface area contributed by atoms with Gasteiger partial charge in [-0.15, -0.1) is 0 Å². The van der Waals surface area contributed by atoms with Gasteiger partial charge in [0.25, 0.3) is 0 Å². The number of rotatable bonds is 1. The fourth-order valence-corrected chi connectivity index (χ4v) is 2.21. The van der Waals surface area contributed by atoms with E-state index in [-0.39, 0.29) is 6.42 Å². The van der Waals surface area contributed by atoms with Crippen molar-refractivity contribution >= 4 is 23.4 Å². The van der Waals surface area contributed by atoms with Crippen molar-refractivity contribution in [2.24, 2.45) is 0 Å². The topological polar surface area (TPSA) is 92.9 Å². The predicted molar refractivity (Wildman–Crippen MR) is 74.7 cm³/mol. The summed E-state index contributed by atoms with van der Waals surface area (Å²) < 4.78 is 5.28. The molecule has 1 unspecified atom stereocenters. The number of anilines is 2. The highest BCUT2D eigenvalue weighted by molar-refractivity contribution is 5.98. The van der Waals surface area contributed by atoms with Crippen molar-refractivity contribution in [1.82, 2.24) is 0 Å². The number of carboxylic acid groups (broad SMARTS) is 1. The number of hydrogen-bond acceptors (Lipinski definition) is 4. The Bertz CT molecular complexity index is 563. The maximum atomic E-state index is 12.2. The molecule has 0 aromatic heterocycles. The van der Waals surface area contributed by atoms with Crippen LogP contribution in [0.4, 0.5) is 16.2 Å². The van der Waals surface area contributed by atoms with Gasteiger partial charge >= 0.3 is 12.1 Å². The number of ether oxygens (including phenoxy) is 1. The number of fused-ring (bicyclic) bond motifs is 1. The number of hydrogen-bond donors (Lipinski definition) is 2. The largest absolute Gasteiger partial charge is 0.480 e. The molecular formula is C14H18N2O4. The molecule has 0 fully saturated rings. The third-order valence-corrected chi connectivity index (χ3v) is 2.96. The summed E-state index contributed by atoms with van der Waals surface area (Å²) in [5.41, 5.74) is 6.83. The molecule has 3 N–H and O–H groups in total. The molecule has 0 saturated heterocycles. The van der Waals surface area contributed by atoms with E-state index in [4.69, 9.17) is 10.5 Å². The second kappa shape index (κ2) is 4.70. The van der Waals surface area contributed by atoms with Gasteiger partial charge in [-0.25, -0.2) is 9.59 Å². The lowest BCUT2D eigenvalue weighted by Crippen LogP contribution is -2.45. The lowest BCUT2D eigenvalue weighted by Gasteiger charge is -2.27. The highest BCUT2D eigenvalue weighted by atomic mass is 16.6. The molecule has 0 aliphatic carbocycles. The molecule has 1 heterocycles. The molecule has 2 rings (SSSR count). The molecule has 6 nitrogen and oxygen atoms in total. The van der Waals surface area contributed by atoms with E-state index in [1.165, 1.54) is 4.90 Å². The molecule has 0 spiro atoms. The quantitative estimate of drug-likeness (QED) is 0.767. The zero-order valence-electron chi connectivity index (χ0n) is 11.7. The highest BCUT2D eigenvalue weighted by Crippen LogP contribution is 2.34. The van der Waals surface area contributed by atoms with Crippen LogP contribution in [-0.2, 0) is 16.0 Å². The summed E-state index contributed by atoms with van der Waals surface area (Å²) in [4.78, 5) is 24.8. The molecule has 0 bridgehead atoms. The van der Waals surface area contributed by atoms with E-state index in [9.17, 15) is 14.7 Å². The SMILES string of the molecule is CC(C)(C)OC(=O)N1c2ccc(N)cc2CC1C(=O)O. The molecular weight excluding hydrogens is 260 g/mol. The second-order valence-electron chi connectivity index (χ2n) is 5.80. The summed E-state index contributed by atoms with van der Waals surface area (Å²) in [6, 6.07) is 4.02. The van der Waals surface area contributed by atoms with Crippen LogP contribution in [0.2, 0.25) is 0 Å². The minimum atomic E-state index is -1.06. The van der Waals surface area contributed by atoms with Crippen molar-refractivity contribution in [3.8, 4) is 0 Å². The monoisotopic (exact) mass is 278 g/mol. The fraction of sp³-hybridized carbons (Fsp3) is 0.429. The molecule has 1 amide bonds. The smallest absolute Gasteiger partial charge is 0.415 e. The lowest BCUT2D eigenvalue weighted by atomic mass is 10.1. The Balaban J connectivity index is 2.38. The summed E-state index contributed by atoms with van der Waals surface area (Å²) in [5, 5.41) is 9.29. The van der Waals surface area contributed by atoms with Crippen molar-refractivity contribution in [3.63, 3.8) is 0 Å². The van der Waals surface area contributed by atoms with Gasteiger partial charge in [0, 0.05) is 12.1 Å². The minimum absolute atomic E-state index is 0.231. The van der Waals surface area contributed by atoms with Gasteiger partial charge in [0.05, 0.1) is 5.69 Å². The number of nitrogen functional groups attached to an aromatic ring is 1. The van der Waals surface area contributed by atoms with Gasteiger partial charge in [-0.1, -0.05) is 0 Å². The van der Waals surface area contributed by atoms with Crippen LogP contribution in [0.1, 0.15) is 26.3 Å². The second-order valence-corrected chi connectivity index (χ2v) is 5.80. The first-order chi connectivity index (χ1) is 9.19. The van der Waals surface area contributed by atoms with E-state index in [1.54, 1.807) is 39.0 Å². The minimum Gasteiger partial charge on any atom is -0.480 e. The van der Waals surface area contributed by atoms with Crippen LogP contribution in [0, 0.1) is 0 Å². The summed E-state index contributed by atoms with van der Waals surface area (Å²) in [6.07, 6.45) is -0.428. The van der Waals surface area contributed by atoms with Crippen LogP contribution >= 0.6 is 0 Å². The van der Waals surface area contributed by atoms with Crippen LogP contribution < -0.4 is 10.6 Å². The number of carbonyl (C=O) groups excluding carboxylic acids is 1. The Hall–Kier alpha value is -2.24. The van der Waals surface area contributed by atoms with E-state index in [2.05, 4.69) is 0 Å². The molecule has 20 heavy (non-hydrogen) atoms. The van der Waals surface area contributed by atoms with Gasteiger partial charge in [-0.3, -0.25) is 4.90 Å². The zero-order chi connectivity index (χ0) is 15.1. The van der Waals surface area contributed by atoms with Gasteiger partial charge in [-0.05, 0) is 44.5 Å². The number of nitrogens with two attached hydrogens (primary N) is 1. The first-order valence-corrected chi connectivity index (χ1v) is 6.32. The van der Waals surface area contributed by atoms with Crippen LogP contribution in [0.3, 0.4) is 0 Å². The highest BCUT2D eigenvalue weighted by Gasteiger charge is 2.40. The maximum absolute atomic E-state index is 12.2. The Morgan fingerprint density at radius 1 is 1.40 bits per heavy atom. The molecule has 0 saturated carbocycles. The first-order valence-electron chi connectivity index (χ1n) is 6.32. The van der Waals surface area contributed by atoms with Gasteiger partial charge in [0.1, 0.15) is 11.6 Å². The van der Waals surface area contributed by atoms with Crippen molar-refractivity contribution in [3.05, 3.63) is 23.8 Å². The summed E-state index contributed by atoms with van der Waals surface area (Å²) in [5.74, 6) is -1.06. The number of amides is 1. The number of benzene rings is 1. The van der Waals surface area contributed by atoms with Gasteiger partial charge in [0.2, 0.25) is 0 Å². The average Bonchev–Trinajstić information content (AvgIpc) is 2.64. The Labute approximate surface area is 117 Å². The van der Waals surface area contributed by atoms with E-state index in [1.807, 2.05) is 0 Å². The molecule has 6 heteroatoms. The normalized spacial score (nSPS) is 17.8. The summed E-state index contributed by atoms with van der Waals surface area (Å²) in [7, 11) is 0. The third-order valence-electron chi connectivity index (χ3n) is 2.96. The Morgan fingerprint density at radius 3 is 2.60 bits per heavy atom. The molecule has 108 valence electrons. The van der Waals surface area contributed by atoms with Crippen molar-refractivity contribution < 1.29 is 19.4 Å². The zero-order valence-corrected chi connectivity index (χ0v) is 11.7. The number of carboxylic acids is 1. The first kappa shape index (κ1) is 14.2. The Kier molecular flexibility index (Phi) is 3.33. The molecule has 1 aliphatic rings. The maximum Gasteiger partial charge on any atom is 0.415 e. The molecule has 0 radical (unpaired) electrons. The van der Waals surface area contributed by atoms with Gasteiger partial charge in [0.15, 0.2) is 0 Å². The Morgan fingerprint density at radius 2 is 2.05 bits per heavy atom. The van der Waals surface area contributed by atoms with E-state index in [0.29, 0.717) is 11.4 Å². The third kappa shape index (κ3) is 2.68. The molecule has 1 aromatic carbocycles. The predicted octanol–water partition coefficient (Wildman–Crippen LogP) is 2.02.